The van der Waals surface area contributed by atoms with E-state index < -0.39 is 5.60 Å². The minimum absolute atomic E-state index is 0.421. The summed E-state index contributed by atoms with van der Waals surface area (Å²) in [6.45, 7) is 3.10. The molecule has 0 aromatic heterocycles. The van der Waals surface area contributed by atoms with Gasteiger partial charge >= 0.3 is 0 Å². The van der Waals surface area contributed by atoms with E-state index in [1.807, 2.05) is 19.1 Å². The Balaban J connectivity index is 2.22. The van der Waals surface area contributed by atoms with Crippen molar-refractivity contribution in [3.63, 3.8) is 0 Å². The molecular formula is C13H18O3. The molecule has 1 aliphatic rings. The van der Waals surface area contributed by atoms with E-state index in [-0.39, 0.29) is 0 Å². The molecular weight excluding hydrogens is 204 g/mol. The number of rotatable bonds is 3. The highest BCUT2D eigenvalue weighted by Gasteiger charge is 2.33. The Hall–Kier alpha value is -1.06. The summed E-state index contributed by atoms with van der Waals surface area (Å²) in [5, 5.41) is 10.3. The van der Waals surface area contributed by atoms with Gasteiger partial charge < -0.3 is 14.6 Å². The van der Waals surface area contributed by atoms with Crippen LogP contribution in [0, 0.1) is 6.92 Å². The first-order valence-corrected chi connectivity index (χ1v) is 5.57. The SMILES string of the molecule is COc1ccc(C)cc1CC1(O)CCOC1. The van der Waals surface area contributed by atoms with Gasteiger partial charge in [-0.1, -0.05) is 17.7 Å². The highest BCUT2D eigenvalue weighted by atomic mass is 16.5. The fourth-order valence-electron chi connectivity index (χ4n) is 2.14. The first-order valence-electron chi connectivity index (χ1n) is 5.57. The van der Waals surface area contributed by atoms with Gasteiger partial charge in [0.05, 0.1) is 19.3 Å². The van der Waals surface area contributed by atoms with E-state index >= 15 is 0 Å². The quantitative estimate of drug-likeness (QED) is 0.846. The van der Waals surface area contributed by atoms with Gasteiger partial charge in [0.1, 0.15) is 5.75 Å². The van der Waals surface area contributed by atoms with Crippen LogP contribution in [-0.4, -0.2) is 31.0 Å². The second kappa shape index (κ2) is 4.44. The van der Waals surface area contributed by atoms with Gasteiger partial charge in [0.2, 0.25) is 0 Å². The van der Waals surface area contributed by atoms with Gasteiger partial charge in [0.15, 0.2) is 0 Å². The Morgan fingerprint density at radius 2 is 2.31 bits per heavy atom. The Bertz CT molecular complexity index is 367. The number of hydrogen-bond donors (Lipinski definition) is 1. The highest BCUT2D eigenvalue weighted by molar-refractivity contribution is 5.38. The van der Waals surface area contributed by atoms with Crippen molar-refractivity contribution < 1.29 is 14.6 Å². The average molecular weight is 222 g/mol. The molecule has 0 radical (unpaired) electrons. The summed E-state index contributed by atoms with van der Waals surface area (Å²) in [7, 11) is 1.66. The van der Waals surface area contributed by atoms with Crippen molar-refractivity contribution in [2.75, 3.05) is 20.3 Å². The third kappa shape index (κ3) is 2.36. The normalized spacial score (nSPS) is 24.7. The van der Waals surface area contributed by atoms with Crippen LogP contribution in [0.5, 0.6) is 5.75 Å². The lowest BCUT2D eigenvalue weighted by Crippen LogP contribution is -2.31. The van der Waals surface area contributed by atoms with E-state index in [0.29, 0.717) is 26.1 Å². The molecule has 1 fully saturated rings. The second-order valence-corrected chi connectivity index (χ2v) is 4.52. The first kappa shape index (κ1) is 11.4. The van der Waals surface area contributed by atoms with Crippen LogP contribution in [0.25, 0.3) is 0 Å². The maximum atomic E-state index is 10.3. The van der Waals surface area contributed by atoms with Gasteiger partial charge in [-0.15, -0.1) is 0 Å². The summed E-state index contributed by atoms with van der Waals surface area (Å²) in [4.78, 5) is 0. The number of ether oxygens (including phenoxy) is 2. The van der Waals surface area contributed by atoms with E-state index in [0.717, 1.165) is 11.3 Å². The van der Waals surface area contributed by atoms with E-state index in [4.69, 9.17) is 9.47 Å². The van der Waals surface area contributed by atoms with Crippen molar-refractivity contribution >= 4 is 0 Å². The van der Waals surface area contributed by atoms with E-state index in [2.05, 4.69) is 6.07 Å². The van der Waals surface area contributed by atoms with E-state index in [9.17, 15) is 5.11 Å². The van der Waals surface area contributed by atoms with Crippen molar-refractivity contribution in [1.29, 1.82) is 0 Å². The standard InChI is InChI=1S/C13H18O3/c1-10-3-4-12(15-2)11(7-10)8-13(14)5-6-16-9-13/h3-4,7,14H,5-6,8-9H2,1-2H3. The molecule has 0 bridgehead atoms. The molecule has 1 aliphatic heterocycles. The molecule has 16 heavy (non-hydrogen) atoms. The Labute approximate surface area is 96.0 Å². The second-order valence-electron chi connectivity index (χ2n) is 4.52. The molecule has 1 N–H and O–H groups in total. The van der Waals surface area contributed by atoms with Crippen LogP contribution in [0.1, 0.15) is 17.5 Å². The fraction of sp³-hybridized carbons (Fsp3) is 0.538. The lowest BCUT2D eigenvalue weighted by Gasteiger charge is -2.21. The van der Waals surface area contributed by atoms with Crippen LogP contribution in [0.15, 0.2) is 18.2 Å². The molecule has 1 saturated heterocycles. The summed E-state index contributed by atoms with van der Waals surface area (Å²) in [5.74, 6) is 0.839. The molecule has 1 atom stereocenters. The minimum Gasteiger partial charge on any atom is -0.496 e. The molecule has 3 nitrogen and oxygen atoms in total. The summed E-state index contributed by atoms with van der Waals surface area (Å²) < 4.78 is 10.5. The maximum absolute atomic E-state index is 10.3. The molecule has 1 aromatic carbocycles. The van der Waals surface area contributed by atoms with Crippen molar-refractivity contribution in [1.82, 2.24) is 0 Å². The summed E-state index contributed by atoms with van der Waals surface area (Å²) in [6.07, 6.45) is 1.29. The summed E-state index contributed by atoms with van der Waals surface area (Å²) in [6, 6.07) is 6.02. The largest absolute Gasteiger partial charge is 0.496 e. The molecule has 0 saturated carbocycles. The molecule has 0 amide bonds. The maximum Gasteiger partial charge on any atom is 0.122 e. The molecule has 1 heterocycles. The van der Waals surface area contributed by atoms with Gasteiger partial charge in [-0.25, -0.2) is 0 Å². The number of benzene rings is 1. The van der Waals surface area contributed by atoms with Crippen LogP contribution >= 0.6 is 0 Å². The Kier molecular flexibility index (Phi) is 3.17. The first-order chi connectivity index (χ1) is 7.63. The highest BCUT2D eigenvalue weighted by Crippen LogP contribution is 2.28. The van der Waals surface area contributed by atoms with Gasteiger partial charge in [0.25, 0.3) is 0 Å². The van der Waals surface area contributed by atoms with E-state index in [1.54, 1.807) is 7.11 Å². The summed E-state index contributed by atoms with van der Waals surface area (Å²) in [5.41, 5.74) is 1.51. The topological polar surface area (TPSA) is 38.7 Å². The minimum atomic E-state index is -0.721. The van der Waals surface area contributed by atoms with Crippen molar-refractivity contribution in [3.05, 3.63) is 29.3 Å². The third-order valence-corrected chi connectivity index (χ3v) is 3.04. The van der Waals surface area contributed by atoms with Crippen molar-refractivity contribution in [2.24, 2.45) is 0 Å². The van der Waals surface area contributed by atoms with Crippen LogP contribution in [-0.2, 0) is 11.2 Å². The molecule has 88 valence electrons. The fourth-order valence-corrected chi connectivity index (χ4v) is 2.14. The zero-order chi connectivity index (χ0) is 11.6. The smallest absolute Gasteiger partial charge is 0.122 e. The molecule has 1 unspecified atom stereocenters. The van der Waals surface area contributed by atoms with Crippen molar-refractivity contribution in [2.45, 2.75) is 25.4 Å². The van der Waals surface area contributed by atoms with Crippen molar-refractivity contribution in [3.8, 4) is 5.75 Å². The van der Waals surface area contributed by atoms with Crippen LogP contribution in [0.3, 0.4) is 0 Å². The molecule has 3 heteroatoms. The third-order valence-electron chi connectivity index (χ3n) is 3.04. The van der Waals surface area contributed by atoms with Crippen LogP contribution in [0.2, 0.25) is 0 Å². The monoisotopic (exact) mass is 222 g/mol. The number of hydrogen-bond acceptors (Lipinski definition) is 3. The van der Waals surface area contributed by atoms with Crippen LogP contribution < -0.4 is 4.74 Å². The summed E-state index contributed by atoms with van der Waals surface area (Å²) >= 11 is 0. The van der Waals surface area contributed by atoms with Gasteiger partial charge in [-0.05, 0) is 18.6 Å². The predicted molar refractivity (Wildman–Crippen MR) is 61.8 cm³/mol. The van der Waals surface area contributed by atoms with E-state index in [1.165, 1.54) is 5.56 Å². The molecule has 0 spiro atoms. The predicted octanol–water partition coefficient (Wildman–Crippen LogP) is 1.70. The van der Waals surface area contributed by atoms with Gasteiger partial charge in [-0.3, -0.25) is 0 Å². The van der Waals surface area contributed by atoms with Crippen LogP contribution in [0.4, 0.5) is 0 Å². The molecule has 1 aromatic rings. The average Bonchev–Trinajstić information content (AvgIpc) is 2.65. The van der Waals surface area contributed by atoms with Gasteiger partial charge in [-0.2, -0.15) is 0 Å². The molecule has 2 rings (SSSR count). The number of methoxy groups -OCH3 is 1. The Morgan fingerprint density at radius 3 is 2.94 bits per heavy atom. The molecule has 0 aliphatic carbocycles. The zero-order valence-electron chi connectivity index (χ0n) is 9.82. The lowest BCUT2D eigenvalue weighted by molar-refractivity contribution is 0.0266. The zero-order valence-corrected chi connectivity index (χ0v) is 9.82. The van der Waals surface area contributed by atoms with Gasteiger partial charge in [0, 0.05) is 19.4 Å². The number of aliphatic hydroxyl groups is 1. The lowest BCUT2D eigenvalue weighted by atomic mass is 9.92. The Morgan fingerprint density at radius 1 is 1.50 bits per heavy atom. The number of aryl methyl sites for hydroxylation is 1.